The lowest BCUT2D eigenvalue weighted by Crippen LogP contribution is -1.72. The Hall–Kier alpha value is -1.35. The maximum absolute atomic E-state index is 4.06. The van der Waals surface area contributed by atoms with E-state index in [2.05, 4.69) is 9.97 Å². The molecular weight excluding hydrogens is 228 g/mol. The van der Waals surface area contributed by atoms with Gasteiger partial charge < -0.3 is 0 Å². The summed E-state index contributed by atoms with van der Waals surface area (Å²) in [6, 6.07) is 11.7. The highest BCUT2D eigenvalue weighted by atomic mass is 32.2. The van der Waals surface area contributed by atoms with Crippen LogP contribution in [0.5, 0.6) is 0 Å². The Kier molecular flexibility index (Phi) is 10.3. The van der Waals surface area contributed by atoms with Crippen molar-refractivity contribution in [3.63, 3.8) is 0 Å². The number of nitrogens with zero attached hydrogens (tertiary/aromatic N) is 2. The van der Waals surface area contributed by atoms with Gasteiger partial charge >= 0.3 is 0 Å². The average Bonchev–Trinajstić information content (AvgIpc) is 2.43. The maximum atomic E-state index is 4.06. The molecule has 2 aromatic rings. The molecule has 0 unspecified atom stereocenters. The molecular formula is C14H20N2S. The van der Waals surface area contributed by atoms with Crippen LogP contribution in [0.15, 0.2) is 53.8 Å². The zero-order valence-corrected chi connectivity index (χ0v) is 11.7. The Balaban J connectivity index is 0.000000265. The minimum atomic E-state index is 1.07. The second kappa shape index (κ2) is 11.1. The fraction of sp³-hybridized carbons (Fsp3) is 0.286. The first kappa shape index (κ1) is 15.7. The van der Waals surface area contributed by atoms with E-state index in [0.717, 1.165) is 10.7 Å². The second-order valence-corrected chi connectivity index (χ2v) is 3.67. The molecule has 0 amide bonds. The van der Waals surface area contributed by atoms with Crippen molar-refractivity contribution in [1.82, 2.24) is 9.97 Å². The van der Waals surface area contributed by atoms with Gasteiger partial charge in [0.15, 0.2) is 0 Å². The van der Waals surface area contributed by atoms with Gasteiger partial charge in [-0.05, 0) is 37.4 Å². The minimum absolute atomic E-state index is 1.07. The van der Waals surface area contributed by atoms with Gasteiger partial charge in [0.1, 0.15) is 0 Å². The fourth-order valence-corrected chi connectivity index (χ4v) is 1.30. The number of aromatic nitrogens is 2. The molecule has 0 fully saturated rings. The van der Waals surface area contributed by atoms with Crippen LogP contribution in [0.1, 0.15) is 19.5 Å². The van der Waals surface area contributed by atoms with Gasteiger partial charge in [-0.15, -0.1) is 11.8 Å². The van der Waals surface area contributed by atoms with Gasteiger partial charge in [0.05, 0.1) is 5.03 Å². The summed E-state index contributed by atoms with van der Waals surface area (Å²) in [5.41, 5.74) is 1.07. The van der Waals surface area contributed by atoms with Crippen LogP contribution in [0.2, 0.25) is 0 Å². The van der Waals surface area contributed by atoms with E-state index in [1.807, 2.05) is 63.4 Å². The van der Waals surface area contributed by atoms with E-state index >= 15 is 0 Å². The van der Waals surface area contributed by atoms with E-state index in [4.69, 9.17) is 0 Å². The van der Waals surface area contributed by atoms with E-state index in [-0.39, 0.29) is 0 Å². The topological polar surface area (TPSA) is 25.8 Å². The van der Waals surface area contributed by atoms with Crippen molar-refractivity contribution in [2.24, 2.45) is 0 Å². The monoisotopic (exact) mass is 248 g/mol. The molecule has 0 bridgehead atoms. The van der Waals surface area contributed by atoms with Crippen molar-refractivity contribution in [3.8, 4) is 0 Å². The zero-order valence-electron chi connectivity index (χ0n) is 10.9. The summed E-state index contributed by atoms with van der Waals surface area (Å²) in [5, 5.41) is 1.08. The first-order chi connectivity index (χ1) is 8.33. The molecule has 92 valence electrons. The Labute approximate surface area is 109 Å². The van der Waals surface area contributed by atoms with Crippen molar-refractivity contribution in [2.45, 2.75) is 25.8 Å². The molecule has 0 saturated heterocycles. The Morgan fingerprint density at radius 2 is 1.47 bits per heavy atom. The van der Waals surface area contributed by atoms with E-state index in [9.17, 15) is 0 Å². The predicted octanol–water partition coefficient (Wildman–Crippen LogP) is 4.22. The third kappa shape index (κ3) is 8.46. The zero-order chi connectivity index (χ0) is 12.9. The SMILES string of the molecule is CC.CSc1ccccn1.Cc1ccccn1. The third-order valence-electron chi connectivity index (χ3n) is 1.66. The molecule has 3 heteroatoms. The van der Waals surface area contributed by atoms with Gasteiger partial charge in [0.2, 0.25) is 0 Å². The Morgan fingerprint density at radius 3 is 1.71 bits per heavy atom. The normalized spacial score (nSPS) is 8.24. The maximum Gasteiger partial charge on any atom is 0.0957 e. The van der Waals surface area contributed by atoms with Gasteiger partial charge in [-0.2, -0.15) is 0 Å². The molecule has 0 aliphatic heterocycles. The van der Waals surface area contributed by atoms with Gasteiger partial charge in [0.25, 0.3) is 0 Å². The van der Waals surface area contributed by atoms with Crippen LogP contribution in [0.25, 0.3) is 0 Å². The van der Waals surface area contributed by atoms with Crippen LogP contribution >= 0.6 is 11.8 Å². The third-order valence-corrected chi connectivity index (χ3v) is 2.32. The van der Waals surface area contributed by atoms with E-state index in [1.54, 1.807) is 24.2 Å². The van der Waals surface area contributed by atoms with Crippen LogP contribution in [0, 0.1) is 6.92 Å². The van der Waals surface area contributed by atoms with Crippen LogP contribution in [-0.4, -0.2) is 16.2 Å². The number of thioether (sulfide) groups is 1. The summed E-state index contributed by atoms with van der Waals surface area (Å²) in [6.45, 7) is 5.97. The molecule has 17 heavy (non-hydrogen) atoms. The summed E-state index contributed by atoms with van der Waals surface area (Å²) >= 11 is 1.66. The van der Waals surface area contributed by atoms with Crippen LogP contribution in [-0.2, 0) is 0 Å². The highest BCUT2D eigenvalue weighted by molar-refractivity contribution is 7.98. The first-order valence-corrected chi connectivity index (χ1v) is 6.88. The fourth-order valence-electron chi connectivity index (χ4n) is 0.916. The minimum Gasteiger partial charge on any atom is -0.262 e. The van der Waals surface area contributed by atoms with E-state index in [0.29, 0.717) is 0 Å². The molecule has 0 aliphatic rings. The number of hydrogen-bond acceptors (Lipinski definition) is 3. The molecule has 0 atom stereocenters. The van der Waals surface area contributed by atoms with Crippen LogP contribution in [0.3, 0.4) is 0 Å². The van der Waals surface area contributed by atoms with Crippen molar-refractivity contribution in [1.29, 1.82) is 0 Å². The molecule has 0 aromatic carbocycles. The van der Waals surface area contributed by atoms with Crippen LogP contribution in [0.4, 0.5) is 0 Å². The summed E-state index contributed by atoms with van der Waals surface area (Å²) in [5.74, 6) is 0. The molecule has 0 radical (unpaired) electrons. The first-order valence-electron chi connectivity index (χ1n) is 5.65. The lowest BCUT2D eigenvalue weighted by molar-refractivity contribution is 1.14. The Bertz CT molecular complexity index is 362. The molecule has 0 spiro atoms. The molecule has 2 heterocycles. The number of rotatable bonds is 1. The summed E-state index contributed by atoms with van der Waals surface area (Å²) in [6.07, 6.45) is 5.60. The van der Waals surface area contributed by atoms with Gasteiger partial charge in [0, 0.05) is 18.1 Å². The summed E-state index contributed by atoms with van der Waals surface area (Å²) in [7, 11) is 0. The lowest BCUT2D eigenvalue weighted by Gasteiger charge is -1.88. The van der Waals surface area contributed by atoms with E-state index in [1.165, 1.54) is 0 Å². The number of hydrogen-bond donors (Lipinski definition) is 0. The quantitative estimate of drug-likeness (QED) is 0.707. The molecule has 2 nitrogen and oxygen atoms in total. The second-order valence-electron chi connectivity index (χ2n) is 2.84. The summed E-state index contributed by atoms with van der Waals surface area (Å²) < 4.78 is 0. The van der Waals surface area contributed by atoms with Crippen molar-refractivity contribution >= 4 is 11.8 Å². The summed E-state index contributed by atoms with van der Waals surface area (Å²) in [4.78, 5) is 8.04. The Morgan fingerprint density at radius 1 is 0.882 bits per heavy atom. The lowest BCUT2D eigenvalue weighted by atomic mass is 10.4. The van der Waals surface area contributed by atoms with Crippen molar-refractivity contribution in [3.05, 3.63) is 54.5 Å². The predicted molar refractivity (Wildman–Crippen MR) is 76.3 cm³/mol. The number of pyridine rings is 2. The standard InChI is InChI=1S/C6H7NS.C6H7N.C2H6/c1-8-6-4-2-3-5-7-6;1-6-4-2-3-5-7-6;1-2/h2-5H,1H3;2-5H,1H3;1-2H3. The smallest absolute Gasteiger partial charge is 0.0957 e. The molecule has 2 aromatic heterocycles. The van der Waals surface area contributed by atoms with Gasteiger partial charge in [-0.25, -0.2) is 4.98 Å². The van der Waals surface area contributed by atoms with Crippen molar-refractivity contribution < 1.29 is 0 Å². The largest absolute Gasteiger partial charge is 0.262 e. The van der Waals surface area contributed by atoms with Gasteiger partial charge in [-0.1, -0.05) is 26.0 Å². The molecule has 0 N–H and O–H groups in total. The van der Waals surface area contributed by atoms with Crippen molar-refractivity contribution in [2.75, 3.05) is 6.26 Å². The molecule has 0 saturated carbocycles. The molecule has 2 rings (SSSR count). The number of aryl methyl sites for hydroxylation is 1. The molecule has 0 aliphatic carbocycles. The van der Waals surface area contributed by atoms with Gasteiger partial charge in [-0.3, -0.25) is 4.98 Å². The van der Waals surface area contributed by atoms with Crippen LogP contribution < -0.4 is 0 Å². The van der Waals surface area contributed by atoms with E-state index < -0.39 is 0 Å². The highest BCUT2D eigenvalue weighted by Gasteiger charge is 1.82. The highest BCUT2D eigenvalue weighted by Crippen LogP contribution is 2.07. The average molecular weight is 248 g/mol.